The summed E-state index contributed by atoms with van der Waals surface area (Å²) in [7, 11) is -1.48. The number of hydrogen-bond donors (Lipinski definition) is 1. The molecule has 43 heavy (non-hydrogen) atoms. The molecule has 0 heterocycles. The fourth-order valence-corrected chi connectivity index (χ4v) is 6.23. The number of nitrogens with one attached hydrogen (secondary N) is 1. The Morgan fingerprint density at radius 1 is 0.930 bits per heavy atom. The average molecular weight is 651 g/mol. The first-order valence-electron chi connectivity index (χ1n) is 13.9. The number of halogens is 2. The van der Waals surface area contributed by atoms with Gasteiger partial charge >= 0.3 is 0 Å². The Morgan fingerprint density at radius 2 is 1.60 bits per heavy atom. The second kappa shape index (κ2) is 15.8. The van der Waals surface area contributed by atoms with Gasteiger partial charge in [0.05, 0.1) is 24.8 Å². The molecule has 0 saturated carbocycles. The van der Waals surface area contributed by atoms with Gasteiger partial charge in [0.25, 0.3) is 10.0 Å². The number of amides is 2. The van der Waals surface area contributed by atoms with Gasteiger partial charge in [-0.05, 0) is 60.9 Å². The zero-order valence-electron chi connectivity index (χ0n) is 24.7. The van der Waals surface area contributed by atoms with E-state index < -0.39 is 28.5 Å². The van der Waals surface area contributed by atoms with E-state index in [1.165, 1.54) is 61.6 Å². The third kappa shape index (κ3) is 8.55. The molecule has 0 aliphatic rings. The van der Waals surface area contributed by atoms with Crippen LogP contribution in [0.1, 0.15) is 38.7 Å². The van der Waals surface area contributed by atoms with Crippen LogP contribution in [0.25, 0.3) is 0 Å². The molecule has 0 fully saturated rings. The molecule has 9 nitrogen and oxygen atoms in total. The highest BCUT2D eigenvalue weighted by atomic mass is 35.5. The van der Waals surface area contributed by atoms with Crippen molar-refractivity contribution in [3.8, 4) is 11.5 Å². The quantitative estimate of drug-likeness (QED) is 0.205. The van der Waals surface area contributed by atoms with Crippen molar-refractivity contribution in [2.24, 2.45) is 0 Å². The minimum Gasteiger partial charge on any atom is -0.493 e. The summed E-state index contributed by atoms with van der Waals surface area (Å²) in [5.74, 6) is -0.351. The monoisotopic (exact) mass is 649 g/mol. The van der Waals surface area contributed by atoms with Crippen molar-refractivity contribution >= 4 is 50.7 Å². The second-order valence-electron chi connectivity index (χ2n) is 9.69. The third-order valence-corrected chi connectivity index (χ3v) is 9.24. The minimum absolute atomic E-state index is 0.00305. The van der Waals surface area contributed by atoms with Crippen molar-refractivity contribution in [3.63, 3.8) is 0 Å². The first-order valence-corrected chi connectivity index (χ1v) is 16.1. The van der Waals surface area contributed by atoms with Crippen molar-refractivity contribution in [2.75, 3.05) is 31.6 Å². The number of carbonyl (C=O) groups is 2. The van der Waals surface area contributed by atoms with E-state index in [2.05, 4.69) is 5.32 Å². The lowest BCUT2D eigenvalue weighted by Gasteiger charge is -2.33. The minimum atomic E-state index is -4.32. The molecule has 1 N–H and O–H groups in total. The van der Waals surface area contributed by atoms with E-state index in [-0.39, 0.29) is 28.8 Å². The van der Waals surface area contributed by atoms with E-state index >= 15 is 0 Å². The van der Waals surface area contributed by atoms with Crippen LogP contribution in [0.4, 0.5) is 5.69 Å². The molecule has 0 aromatic heterocycles. The fraction of sp³-hybridized carbons (Fsp3) is 0.355. The smallest absolute Gasteiger partial charge is 0.264 e. The largest absolute Gasteiger partial charge is 0.493 e. The molecule has 12 heteroatoms. The number of nitrogens with zero attached hydrogens (tertiary/aromatic N) is 2. The summed E-state index contributed by atoms with van der Waals surface area (Å²) in [4.78, 5) is 28.7. The predicted octanol–water partition coefficient (Wildman–Crippen LogP) is 5.93. The third-order valence-electron chi connectivity index (χ3n) is 6.85. The molecule has 3 aromatic rings. The number of anilines is 1. The summed E-state index contributed by atoms with van der Waals surface area (Å²) in [5.41, 5.74) is 0.837. The number of methoxy groups -OCH3 is 2. The van der Waals surface area contributed by atoms with E-state index in [9.17, 15) is 18.0 Å². The Hall–Kier alpha value is -3.47. The van der Waals surface area contributed by atoms with Gasteiger partial charge in [-0.25, -0.2) is 8.42 Å². The SMILES string of the molecule is CCCCNC(=O)C(CC)N(Cc1ccccc1Cl)C(=O)CN(c1ccc(Cl)cc1)S(=O)(=O)c1ccc(OC)c(OC)c1. The maximum Gasteiger partial charge on any atom is 0.264 e. The number of rotatable bonds is 15. The Kier molecular flexibility index (Phi) is 12.5. The Labute approximate surface area is 263 Å². The maximum atomic E-state index is 14.2. The van der Waals surface area contributed by atoms with Crippen LogP contribution in [0.3, 0.4) is 0 Å². The molecule has 0 bridgehead atoms. The van der Waals surface area contributed by atoms with Gasteiger partial charge in [-0.15, -0.1) is 0 Å². The fourth-order valence-electron chi connectivity index (χ4n) is 4.48. The van der Waals surface area contributed by atoms with Crippen LogP contribution in [-0.2, 0) is 26.2 Å². The highest BCUT2D eigenvalue weighted by Crippen LogP contribution is 2.33. The molecule has 1 unspecified atom stereocenters. The summed E-state index contributed by atoms with van der Waals surface area (Å²) >= 11 is 12.5. The number of hydrogen-bond acceptors (Lipinski definition) is 6. The second-order valence-corrected chi connectivity index (χ2v) is 12.4. The summed E-state index contributed by atoms with van der Waals surface area (Å²) < 4.78 is 39.8. The van der Waals surface area contributed by atoms with Crippen molar-refractivity contribution in [1.82, 2.24) is 10.2 Å². The van der Waals surface area contributed by atoms with E-state index in [1.807, 2.05) is 6.92 Å². The zero-order chi connectivity index (χ0) is 31.6. The van der Waals surface area contributed by atoms with Crippen molar-refractivity contribution in [2.45, 2.75) is 50.6 Å². The molecular weight excluding hydrogens is 613 g/mol. The van der Waals surface area contributed by atoms with Gasteiger partial charge in [-0.2, -0.15) is 0 Å². The van der Waals surface area contributed by atoms with Crippen LogP contribution in [0.5, 0.6) is 11.5 Å². The number of ether oxygens (including phenoxy) is 2. The summed E-state index contributed by atoms with van der Waals surface area (Å²) in [6, 6.07) is 16.4. The highest BCUT2D eigenvalue weighted by molar-refractivity contribution is 7.92. The van der Waals surface area contributed by atoms with E-state index in [1.54, 1.807) is 31.2 Å². The van der Waals surface area contributed by atoms with Crippen LogP contribution in [0.2, 0.25) is 10.0 Å². The molecular formula is C31H37Cl2N3O6S. The van der Waals surface area contributed by atoms with Crippen LogP contribution in [0, 0.1) is 0 Å². The van der Waals surface area contributed by atoms with Gasteiger partial charge < -0.3 is 19.7 Å². The Morgan fingerprint density at radius 3 is 2.21 bits per heavy atom. The number of unbranched alkanes of at least 4 members (excludes halogenated alkanes) is 1. The first kappa shape index (κ1) is 34.0. The molecule has 232 valence electrons. The molecule has 0 saturated heterocycles. The van der Waals surface area contributed by atoms with Crippen LogP contribution >= 0.6 is 23.2 Å². The average Bonchev–Trinajstić information content (AvgIpc) is 3.00. The van der Waals surface area contributed by atoms with Crippen LogP contribution in [-0.4, -0.2) is 58.5 Å². The molecule has 1 atom stereocenters. The lowest BCUT2D eigenvalue weighted by Crippen LogP contribution is -2.52. The number of carbonyl (C=O) groups excluding carboxylic acids is 2. The van der Waals surface area contributed by atoms with Gasteiger partial charge in [0.1, 0.15) is 12.6 Å². The summed E-state index contributed by atoms with van der Waals surface area (Å²) in [6.45, 7) is 3.68. The van der Waals surface area contributed by atoms with Crippen LogP contribution in [0.15, 0.2) is 71.6 Å². The van der Waals surface area contributed by atoms with E-state index in [0.717, 1.165) is 17.1 Å². The van der Waals surface area contributed by atoms with E-state index in [0.29, 0.717) is 34.3 Å². The van der Waals surface area contributed by atoms with Gasteiger partial charge in [-0.1, -0.05) is 61.7 Å². The Balaban J connectivity index is 2.08. The Bertz CT molecular complexity index is 1500. The number of benzene rings is 3. The maximum absolute atomic E-state index is 14.2. The van der Waals surface area contributed by atoms with Crippen molar-refractivity contribution in [3.05, 3.63) is 82.3 Å². The zero-order valence-corrected chi connectivity index (χ0v) is 27.0. The molecule has 0 aliphatic heterocycles. The standard InChI is InChI=1S/C31H37Cl2N3O6S/c1-5-7-18-34-31(38)27(6-2)35(20-22-10-8-9-11-26(22)33)30(37)21-36(24-14-12-23(32)13-15-24)43(39,40)25-16-17-28(41-3)29(19-25)42-4/h8-17,19,27H,5-7,18,20-21H2,1-4H3,(H,34,38). The normalized spacial score (nSPS) is 11.9. The lowest BCUT2D eigenvalue weighted by molar-refractivity contribution is -0.140. The van der Waals surface area contributed by atoms with Gasteiger partial charge in [-0.3, -0.25) is 13.9 Å². The van der Waals surface area contributed by atoms with Gasteiger partial charge in [0.2, 0.25) is 11.8 Å². The molecule has 0 radical (unpaired) electrons. The molecule has 0 spiro atoms. The predicted molar refractivity (Wildman–Crippen MR) is 170 cm³/mol. The number of sulfonamides is 1. The van der Waals surface area contributed by atoms with Crippen molar-refractivity contribution < 1.29 is 27.5 Å². The summed E-state index contributed by atoms with van der Waals surface area (Å²) in [5, 5.41) is 3.73. The lowest BCUT2D eigenvalue weighted by atomic mass is 10.1. The van der Waals surface area contributed by atoms with Gasteiger partial charge in [0.15, 0.2) is 11.5 Å². The molecule has 3 aromatic carbocycles. The van der Waals surface area contributed by atoms with Crippen LogP contribution < -0.4 is 19.1 Å². The molecule has 3 rings (SSSR count). The molecule has 0 aliphatic carbocycles. The van der Waals surface area contributed by atoms with Gasteiger partial charge in [0, 0.05) is 29.2 Å². The van der Waals surface area contributed by atoms with Crippen molar-refractivity contribution in [1.29, 1.82) is 0 Å². The molecule has 2 amide bonds. The highest BCUT2D eigenvalue weighted by Gasteiger charge is 2.34. The van der Waals surface area contributed by atoms with E-state index in [4.69, 9.17) is 32.7 Å². The summed E-state index contributed by atoms with van der Waals surface area (Å²) in [6.07, 6.45) is 1.98. The first-order chi connectivity index (χ1) is 20.6. The topological polar surface area (TPSA) is 105 Å².